The van der Waals surface area contributed by atoms with Gasteiger partial charge in [-0.15, -0.1) is 11.6 Å². The summed E-state index contributed by atoms with van der Waals surface area (Å²) in [6, 6.07) is 11.7. The molecule has 0 radical (unpaired) electrons. The molecule has 8 rings (SSSR count). The van der Waals surface area contributed by atoms with Crippen LogP contribution in [0.25, 0.3) is 0 Å². The Kier molecular flexibility index (Phi) is 11.0. The van der Waals surface area contributed by atoms with E-state index in [-0.39, 0.29) is 41.6 Å². The summed E-state index contributed by atoms with van der Waals surface area (Å²) in [6.45, 7) is 8.36. The van der Waals surface area contributed by atoms with E-state index >= 15 is 0 Å². The van der Waals surface area contributed by atoms with Crippen molar-refractivity contribution in [3.05, 3.63) is 58.1 Å². The fourth-order valence-corrected chi connectivity index (χ4v) is 12.0. The number of nitrogens with zero attached hydrogens (tertiary/aromatic N) is 2. The van der Waals surface area contributed by atoms with Crippen LogP contribution >= 0.6 is 23.2 Å². The smallest absolute Gasteiger partial charge is 0.264 e. The van der Waals surface area contributed by atoms with Gasteiger partial charge < -0.3 is 24.2 Å². The number of carbonyl (C=O) groups excluding carboxylic acids is 1. The van der Waals surface area contributed by atoms with Gasteiger partial charge in [0.15, 0.2) is 6.29 Å². The first-order chi connectivity index (χ1) is 25.9. The van der Waals surface area contributed by atoms with Crippen molar-refractivity contribution in [1.82, 2.24) is 9.62 Å². The van der Waals surface area contributed by atoms with Crippen molar-refractivity contribution in [2.75, 3.05) is 63.4 Å². The van der Waals surface area contributed by atoms with E-state index in [0.29, 0.717) is 61.8 Å². The van der Waals surface area contributed by atoms with E-state index in [9.17, 15) is 18.3 Å². The molecule has 0 unspecified atom stereocenters. The molecule has 4 aliphatic heterocycles. The Bertz CT molecular complexity index is 1810. The number of ether oxygens (including phenoxy) is 3. The number of likely N-dealkylation sites (tertiary alicyclic amines) is 1. The highest BCUT2D eigenvalue weighted by molar-refractivity contribution is 7.90. The molecule has 4 heterocycles. The van der Waals surface area contributed by atoms with Gasteiger partial charge in [-0.05, 0) is 111 Å². The van der Waals surface area contributed by atoms with E-state index in [1.165, 1.54) is 11.1 Å². The SMILES string of the molecule is C[C@@H]1[C@@H](C)CCC[C@@H](C2OCC(N3CC(CO)(CCl)C3)CO2)[C@@H]2CC[C@H]2CN2C[C@@]3(CCCc4cc(Cl)ccc43)COc3ccc(cc32)C(=O)NS1(=O)=O. The zero-order valence-electron chi connectivity index (χ0n) is 31.5. The van der Waals surface area contributed by atoms with Gasteiger partial charge in [0.2, 0.25) is 10.0 Å². The maximum atomic E-state index is 13.6. The van der Waals surface area contributed by atoms with Crippen molar-refractivity contribution in [3.63, 3.8) is 0 Å². The largest absolute Gasteiger partial charge is 0.490 e. The van der Waals surface area contributed by atoms with Crippen LogP contribution in [0.5, 0.6) is 5.75 Å². The Morgan fingerprint density at radius 2 is 1.78 bits per heavy atom. The lowest BCUT2D eigenvalue weighted by Gasteiger charge is -2.53. The molecule has 1 amide bonds. The van der Waals surface area contributed by atoms with Crippen molar-refractivity contribution in [3.8, 4) is 5.75 Å². The van der Waals surface area contributed by atoms with E-state index in [0.717, 1.165) is 75.3 Å². The van der Waals surface area contributed by atoms with Crippen LogP contribution in [0.4, 0.5) is 5.69 Å². The molecule has 2 aromatic rings. The third-order valence-electron chi connectivity index (χ3n) is 14.0. The number of anilines is 1. The van der Waals surface area contributed by atoms with Crippen LogP contribution in [0.2, 0.25) is 5.02 Å². The van der Waals surface area contributed by atoms with Crippen LogP contribution in [0.15, 0.2) is 36.4 Å². The summed E-state index contributed by atoms with van der Waals surface area (Å²) in [4.78, 5) is 18.4. The Morgan fingerprint density at radius 1 is 0.981 bits per heavy atom. The molecule has 3 fully saturated rings. The second-order valence-electron chi connectivity index (χ2n) is 17.4. The molecule has 54 heavy (non-hydrogen) atoms. The van der Waals surface area contributed by atoms with Gasteiger partial charge in [0, 0.05) is 59.4 Å². The van der Waals surface area contributed by atoms with Crippen molar-refractivity contribution in [2.24, 2.45) is 29.1 Å². The summed E-state index contributed by atoms with van der Waals surface area (Å²) >= 11 is 12.7. The Labute approximate surface area is 330 Å². The van der Waals surface area contributed by atoms with E-state index in [1.807, 2.05) is 25.1 Å². The quantitative estimate of drug-likeness (QED) is 0.360. The van der Waals surface area contributed by atoms with E-state index in [1.54, 1.807) is 13.0 Å². The minimum absolute atomic E-state index is 0.0802. The molecule has 6 atom stereocenters. The highest BCUT2D eigenvalue weighted by Gasteiger charge is 2.49. The van der Waals surface area contributed by atoms with Crippen LogP contribution in [0, 0.1) is 29.1 Å². The number of nitrogens with one attached hydrogen (secondary N) is 1. The Balaban J connectivity index is 1.10. The maximum absolute atomic E-state index is 13.6. The van der Waals surface area contributed by atoms with Crippen LogP contribution in [0.3, 0.4) is 0 Å². The molecular formula is C41H55Cl2N3O7S. The van der Waals surface area contributed by atoms with Gasteiger partial charge in [-0.2, -0.15) is 0 Å². The number of rotatable bonds is 4. The Hall–Kier alpha value is -2.12. The standard InChI is InChI=1S/C41H55Cl2N3O7S/c1-26-5-3-7-34(39-51-18-32(19-52-39)46-21-40(20-42,22-46)24-47)33-11-8-30(33)17-45-23-41(14-4-6-28-15-31(43)10-12-35(28)41)25-53-37-13-9-29(16-36(37)45)38(48)44-54(49,50)27(26)2/h9-10,12-13,15-16,26-27,30,32-34,39,47H,3-8,11,14,17-25H2,1-2H3,(H,44,48)/t26-,27+,30-,32?,33+,34+,39?,41-/m0/s1. The van der Waals surface area contributed by atoms with Crippen LogP contribution in [0.1, 0.15) is 80.3 Å². The second kappa shape index (κ2) is 15.3. The van der Waals surface area contributed by atoms with E-state index < -0.39 is 21.2 Å². The van der Waals surface area contributed by atoms with Gasteiger partial charge in [0.25, 0.3) is 5.91 Å². The predicted molar refractivity (Wildman–Crippen MR) is 210 cm³/mol. The first-order valence-corrected chi connectivity index (χ1v) is 22.4. The molecule has 2 saturated heterocycles. The average Bonchev–Trinajstić information content (AvgIpc) is 3.28. The predicted octanol–water partition coefficient (Wildman–Crippen LogP) is 6.00. The molecular weight excluding hydrogens is 749 g/mol. The molecule has 296 valence electrons. The zero-order chi connectivity index (χ0) is 37.8. The van der Waals surface area contributed by atoms with Gasteiger partial charge in [-0.1, -0.05) is 31.0 Å². The summed E-state index contributed by atoms with van der Waals surface area (Å²) in [6.07, 6.45) is 7.21. The summed E-state index contributed by atoms with van der Waals surface area (Å²) in [5.74, 6) is 1.28. The number of fused-ring (bicyclic) bond motifs is 4. The molecule has 6 aliphatic rings. The molecule has 1 spiro atoms. The second-order valence-corrected chi connectivity index (χ2v) is 20.2. The lowest BCUT2D eigenvalue weighted by Crippen LogP contribution is -2.65. The number of hydrogen-bond donors (Lipinski definition) is 2. The van der Waals surface area contributed by atoms with Crippen LogP contribution in [-0.4, -0.2) is 100 Å². The summed E-state index contributed by atoms with van der Waals surface area (Å²) < 4.78 is 49.4. The van der Waals surface area contributed by atoms with Gasteiger partial charge in [0.05, 0.1) is 43.4 Å². The summed E-state index contributed by atoms with van der Waals surface area (Å²) in [7, 11) is -3.94. The van der Waals surface area contributed by atoms with E-state index in [2.05, 4.69) is 26.7 Å². The van der Waals surface area contributed by atoms with Crippen molar-refractivity contribution in [2.45, 2.75) is 88.2 Å². The number of amides is 1. The van der Waals surface area contributed by atoms with Crippen molar-refractivity contribution >= 4 is 44.8 Å². The van der Waals surface area contributed by atoms with Crippen molar-refractivity contribution in [1.29, 1.82) is 0 Å². The number of alkyl halides is 1. The van der Waals surface area contributed by atoms with Crippen LogP contribution < -0.4 is 14.4 Å². The third-order valence-corrected chi connectivity index (χ3v) is 16.7. The van der Waals surface area contributed by atoms with Crippen LogP contribution in [-0.2, 0) is 31.3 Å². The molecule has 2 aliphatic carbocycles. The average molecular weight is 805 g/mol. The molecule has 13 heteroatoms. The van der Waals surface area contributed by atoms with Gasteiger partial charge in [-0.3, -0.25) is 9.69 Å². The first-order valence-electron chi connectivity index (χ1n) is 19.9. The lowest BCUT2D eigenvalue weighted by atomic mass is 9.64. The number of aliphatic hydroxyl groups is 1. The minimum atomic E-state index is -3.94. The topological polar surface area (TPSA) is 118 Å². The normalized spacial score (nSPS) is 35.3. The number of halogens is 2. The molecule has 2 bridgehead atoms. The molecule has 2 N–H and O–H groups in total. The highest BCUT2D eigenvalue weighted by atomic mass is 35.5. The number of aliphatic hydroxyl groups excluding tert-OH is 1. The molecule has 2 aromatic carbocycles. The molecule has 0 aromatic heterocycles. The first kappa shape index (κ1) is 38.7. The summed E-state index contributed by atoms with van der Waals surface area (Å²) in [5.41, 5.74) is 3.15. The maximum Gasteiger partial charge on any atom is 0.264 e. The number of benzene rings is 2. The van der Waals surface area contributed by atoms with Gasteiger partial charge in [-0.25, -0.2) is 13.1 Å². The van der Waals surface area contributed by atoms with Gasteiger partial charge in [0.1, 0.15) is 5.75 Å². The zero-order valence-corrected chi connectivity index (χ0v) is 33.8. The fourth-order valence-electron chi connectivity index (χ4n) is 10.2. The third kappa shape index (κ3) is 7.29. The van der Waals surface area contributed by atoms with E-state index in [4.69, 9.17) is 37.4 Å². The number of carbonyl (C=O) groups is 1. The number of aryl methyl sites for hydroxylation is 1. The summed E-state index contributed by atoms with van der Waals surface area (Å²) in [5, 5.41) is 9.88. The molecule has 10 nitrogen and oxygen atoms in total. The monoisotopic (exact) mass is 803 g/mol. The number of sulfonamides is 1. The highest BCUT2D eigenvalue weighted by Crippen LogP contribution is 2.49. The van der Waals surface area contributed by atoms with Crippen molar-refractivity contribution < 1.29 is 32.5 Å². The molecule has 1 saturated carbocycles. The number of hydrogen-bond acceptors (Lipinski definition) is 9. The Morgan fingerprint density at radius 3 is 2.50 bits per heavy atom. The van der Waals surface area contributed by atoms with Gasteiger partial charge >= 0.3 is 0 Å². The fraction of sp³-hybridized carbons (Fsp3) is 0.683. The lowest BCUT2D eigenvalue weighted by molar-refractivity contribution is -0.253. The minimum Gasteiger partial charge on any atom is -0.490 e.